The number of hydrogen-bond donors (Lipinski definition) is 0. The second-order valence-corrected chi connectivity index (χ2v) is 4.34. The van der Waals surface area contributed by atoms with Crippen molar-refractivity contribution >= 4 is 5.84 Å². The summed E-state index contributed by atoms with van der Waals surface area (Å²) >= 11 is 0. The molecule has 0 bridgehead atoms. The SMILES string of the molecule is Fc1ccc(F)c(C2N=C3C4OC=CC=C4N3O2)c1. The van der Waals surface area contributed by atoms with Crippen molar-refractivity contribution < 1.29 is 18.4 Å². The Morgan fingerprint density at radius 1 is 1.26 bits per heavy atom. The van der Waals surface area contributed by atoms with Gasteiger partial charge in [0.05, 0.1) is 12.0 Å². The van der Waals surface area contributed by atoms with Crippen molar-refractivity contribution in [1.82, 2.24) is 5.06 Å². The van der Waals surface area contributed by atoms with Gasteiger partial charge in [0.25, 0.3) is 0 Å². The highest BCUT2D eigenvalue weighted by Gasteiger charge is 2.49. The number of hydroxylamine groups is 2. The van der Waals surface area contributed by atoms with E-state index in [1.54, 1.807) is 12.3 Å². The molecule has 0 amide bonds. The third kappa shape index (κ3) is 1.43. The Morgan fingerprint density at radius 3 is 3.05 bits per heavy atom. The normalized spacial score (nSPS) is 26.9. The molecule has 3 heterocycles. The molecule has 6 heteroatoms. The highest BCUT2D eigenvalue weighted by Crippen LogP contribution is 2.41. The van der Waals surface area contributed by atoms with E-state index in [9.17, 15) is 8.78 Å². The predicted molar refractivity (Wildman–Crippen MR) is 61.6 cm³/mol. The van der Waals surface area contributed by atoms with Gasteiger partial charge in [-0.1, -0.05) is 0 Å². The van der Waals surface area contributed by atoms with Gasteiger partial charge in [0, 0.05) is 5.56 Å². The van der Waals surface area contributed by atoms with E-state index in [2.05, 4.69) is 4.99 Å². The first-order chi connectivity index (χ1) is 9.24. The van der Waals surface area contributed by atoms with Crippen LogP contribution in [0.15, 0.2) is 47.3 Å². The first-order valence-corrected chi connectivity index (χ1v) is 5.76. The highest BCUT2D eigenvalue weighted by atomic mass is 19.1. The van der Waals surface area contributed by atoms with Gasteiger partial charge in [-0.05, 0) is 30.4 Å². The van der Waals surface area contributed by atoms with Crippen molar-refractivity contribution in [2.24, 2.45) is 4.99 Å². The summed E-state index contributed by atoms with van der Waals surface area (Å²) in [5.74, 6) is -0.498. The number of amidine groups is 1. The third-order valence-corrected chi connectivity index (χ3v) is 3.18. The molecular weight excluding hydrogens is 254 g/mol. The second-order valence-electron chi connectivity index (χ2n) is 4.34. The summed E-state index contributed by atoms with van der Waals surface area (Å²) < 4.78 is 32.2. The first kappa shape index (κ1) is 10.7. The molecule has 2 atom stereocenters. The maximum absolute atomic E-state index is 13.7. The van der Waals surface area contributed by atoms with Crippen LogP contribution in [-0.2, 0) is 9.57 Å². The third-order valence-electron chi connectivity index (χ3n) is 3.18. The van der Waals surface area contributed by atoms with E-state index in [-0.39, 0.29) is 11.7 Å². The fraction of sp³-hybridized carbons (Fsp3) is 0.154. The topological polar surface area (TPSA) is 34.1 Å². The van der Waals surface area contributed by atoms with Gasteiger partial charge in [-0.15, -0.1) is 0 Å². The number of benzene rings is 1. The molecule has 0 saturated carbocycles. The van der Waals surface area contributed by atoms with E-state index in [1.807, 2.05) is 6.08 Å². The standard InChI is InChI=1S/C13H8F2N2O2/c14-7-3-4-9(15)8(6-7)13-16-12-11-10(17(12)19-13)2-1-5-18-11/h1-6,11,13H. The van der Waals surface area contributed by atoms with Gasteiger partial charge in [0.2, 0.25) is 6.23 Å². The smallest absolute Gasteiger partial charge is 0.206 e. The summed E-state index contributed by atoms with van der Waals surface area (Å²) in [6.07, 6.45) is 3.98. The lowest BCUT2D eigenvalue weighted by Crippen LogP contribution is -2.52. The molecule has 1 aromatic carbocycles. The lowest BCUT2D eigenvalue weighted by atomic mass is 10.1. The number of allylic oxidation sites excluding steroid dienone is 2. The Morgan fingerprint density at radius 2 is 2.16 bits per heavy atom. The molecule has 1 aromatic rings. The average Bonchev–Trinajstić information content (AvgIpc) is 2.79. The number of hydrogen-bond acceptors (Lipinski definition) is 4. The quantitative estimate of drug-likeness (QED) is 0.779. The molecule has 0 spiro atoms. The zero-order valence-corrected chi connectivity index (χ0v) is 9.59. The van der Waals surface area contributed by atoms with Gasteiger partial charge in [-0.3, -0.25) is 0 Å². The first-order valence-electron chi connectivity index (χ1n) is 5.76. The molecule has 2 unspecified atom stereocenters. The summed E-state index contributed by atoms with van der Waals surface area (Å²) in [4.78, 5) is 9.72. The predicted octanol–water partition coefficient (Wildman–Crippen LogP) is 2.42. The monoisotopic (exact) mass is 262 g/mol. The van der Waals surface area contributed by atoms with E-state index in [0.29, 0.717) is 5.84 Å². The summed E-state index contributed by atoms with van der Waals surface area (Å²) in [5.41, 5.74) is 0.882. The van der Waals surface area contributed by atoms with Crippen molar-refractivity contribution in [1.29, 1.82) is 0 Å². The molecule has 4 rings (SSSR count). The van der Waals surface area contributed by atoms with Crippen molar-refractivity contribution in [3.63, 3.8) is 0 Å². The van der Waals surface area contributed by atoms with Crippen LogP contribution in [0.2, 0.25) is 0 Å². The maximum atomic E-state index is 13.7. The van der Waals surface area contributed by atoms with Gasteiger partial charge in [0.1, 0.15) is 11.6 Å². The molecule has 96 valence electrons. The molecule has 4 nitrogen and oxygen atoms in total. The lowest BCUT2D eigenvalue weighted by molar-refractivity contribution is -0.131. The molecule has 0 aromatic heterocycles. The number of rotatable bonds is 1. The molecule has 0 radical (unpaired) electrons. The molecule has 1 fully saturated rings. The average molecular weight is 262 g/mol. The molecular formula is C13H8F2N2O2. The lowest BCUT2D eigenvalue weighted by Gasteiger charge is -2.39. The summed E-state index contributed by atoms with van der Waals surface area (Å²) in [6.45, 7) is 0. The van der Waals surface area contributed by atoms with Gasteiger partial charge in [-0.25, -0.2) is 23.7 Å². The minimum Gasteiger partial charge on any atom is -0.484 e. The van der Waals surface area contributed by atoms with Crippen LogP contribution >= 0.6 is 0 Å². The van der Waals surface area contributed by atoms with Crippen molar-refractivity contribution in [2.75, 3.05) is 0 Å². The van der Waals surface area contributed by atoms with Gasteiger partial charge >= 0.3 is 0 Å². The van der Waals surface area contributed by atoms with Crippen LogP contribution in [0.1, 0.15) is 11.8 Å². The van der Waals surface area contributed by atoms with Crippen LogP contribution in [0.4, 0.5) is 8.78 Å². The number of halogens is 2. The van der Waals surface area contributed by atoms with Crippen LogP contribution in [0, 0.1) is 11.6 Å². The Bertz CT molecular complexity index is 654. The molecule has 19 heavy (non-hydrogen) atoms. The van der Waals surface area contributed by atoms with Crippen LogP contribution in [0.5, 0.6) is 0 Å². The van der Waals surface area contributed by atoms with Gasteiger partial charge in [0.15, 0.2) is 11.9 Å². The maximum Gasteiger partial charge on any atom is 0.206 e. The van der Waals surface area contributed by atoms with E-state index < -0.39 is 17.9 Å². The molecule has 0 N–H and O–H groups in total. The van der Waals surface area contributed by atoms with Crippen LogP contribution in [-0.4, -0.2) is 17.0 Å². The Hall–Kier alpha value is -2.21. The van der Waals surface area contributed by atoms with Crippen LogP contribution in [0.3, 0.4) is 0 Å². The second kappa shape index (κ2) is 3.64. The molecule has 3 aliphatic rings. The van der Waals surface area contributed by atoms with Crippen molar-refractivity contribution in [3.05, 3.63) is 59.5 Å². The summed E-state index contributed by atoms with van der Waals surface area (Å²) in [7, 11) is 0. The van der Waals surface area contributed by atoms with Crippen LogP contribution < -0.4 is 0 Å². The number of ether oxygens (including phenoxy) is 1. The minimum atomic E-state index is -0.874. The Labute approximate surface area is 107 Å². The fourth-order valence-electron chi connectivity index (χ4n) is 2.27. The van der Waals surface area contributed by atoms with E-state index in [1.165, 1.54) is 5.06 Å². The van der Waals surface area contributed by atoms with Crippen molar-refractivity contribution in [2.45, 2.75) is 12.3 Å². The Balaban J connectivity index is 1.68. The number of fused-ring (bicyclic) bond motifs is 4. The van der Waals surface area contributed by atoms with E-state index in [4.69, 9.17) is 9.57 Å². The van der Waals surface area contributed by atoms with E-state index in [0.717, 1.165) is 23.9 Å². The molecule has 1 saturated heterocycles. The minimum absolute atomic E-state index is 0.0761. The zero-order valence-electron chi connectivity index (χ0n) is 9.59. The number of nitrogens with zero attached hydrogens (tertiary/aromatic N) is 2. The van der Waals surface area contributed by atoms with Gasteiger partial charge in [-0.2, -0.15) is 0 Å². The molecule has 0 aliphatic carbocycles. The van der Waals surface area contributed by atoms with Crippen molar-refractivity contribution in [3.8, 4) is 0 Å². The highest BCUT2D eigenvalue weighted by molar-refractivity contribution is 5.98. The molecule has 3 aliphatic heterocycles. The van der Waals surface area contributed by atoms with Gasteiger partial charge < -0.3 is 4.74 Å². The van der Waals surface area contributed by atoms with E-state index >= 15 is 0 Å². The zero-order chi connectivity index (χ0) is 13.0. The largest absolute Gasteiger partial charge is 0.484 e. The van der Waals surface area contributed by atoms with Crippen LogP contribution in [0.25, 0.3) is 0 Å². The summed E-state index contributed by atoms with van der Waals surface area (Å²) in [5, 5.41) is 1.49. The summed E-state index contributed by atoms with van der Waals surface area (Å²) in [6, 6.07) is 3.21. The fourth-order valence-corrected chi connectivity index (χ4v) is 2.27. The number of aliphatic imine (C=N–C) groups is 1. The Kier molecular flexibility index (Phi) is 2.05.